The maximum Gasteiger partial charge on any atom is 0.126 e. The minimum absolute atomic E-state index is 0.00632. The molecule has 0 aromatic heterocycles. The first-order chi connectivity index (χ1) is 9.19. The van der Waals surface area contributed by atoms with Gasteiger partial charge in [-0.15, -0.1) is 0 Å². The fraction of sp³-hybridized carbons (Fsp3) is 0.625. The van der Waals surface area contributed by atoms with Crippen LogP contribution in [-0.4, -0.2) is 5.60 Å². The Morgan fingerprint density at radius 1 is 1.11 bits per heavy atom. The van der Waals surface area contributed by atoms with E-state index in [4.69, 9.17) is 10.5 Å². The van der Waals surface area contributed by atoms with Crippen molar-refractivity contribution in [2.24, 2.45) is 5.73 Å². The Balaban J connectivity index is 1.89. The van der Waals surface area contributed by atoms with E-state index in [2.05, 4.69) is 34.1 Å². The lowest BCUT2D eigenvalue weighted by Gasteiger charge is -2.42. The lowest BCUT2D eigenvalue weighted by atomic mass is 9.79. The molecular formula is C16H22BrNO. The third-order valence-electron chi connectivity index (χ3n) is 4.56. The summed E-state index contributed by atoms with van der Waals surface area (Å²) in [7, 11) is 0. The zero-order valence-electron chi connectivity index (χ0n) is 11.3. The Morgan fingerprint density at radius 2 is 1.79 bits per heavy atom. The Kier molecular flexibility index (Phi) is 3.86. The van der Waals surface area contributed by atoms with Gasteiger partial charge in [0.2, 0.25) is 0 Å². The second-order valence-corrected chi connectivity index (χ2v) is 6.96. The van der Waals surface area contributed by atoms with Crippen molar-refractivity contribution in [1.29, 1.82) is 0 Å². The van der Waals surface area contributed by atoms with Crippen molar-refractivity contribution < 1.29 is 4.74 Å². The normalized spacial score (nSPS) is 26.1. The van der Waals surface area contributed by atoms with E-state index in [1.165, 1.54) is 32.1 Å². The summed E-state index contributed by atoms with van der Waals surface area (Å²) >= 11 is 3.53. The monoisotopic (exact) mass is 323 g/mol. The Morgan fingerprint density at radius 3 is 2.53 bits per heavy atom. The van der Waals surface area contributed by atoms with Crippen LogP contribution in [0.25, 0.3) is 0 Å². The van der Waals surface area contributed by atoms with Gasteiger partial charge in [-0.05, 0) is 37.8 Å². The first-order valence-corrected chi connectivity index (χ1v) is 8.22. The lowest BCUT2D eigenvalue weighted by molar-refractivity contribution is 0.0112. The van der Waals surface area contributed by atoms with Gasteiger partial charge in [-0.1, -0.05) is 41.3 Å². The second-order valence-electron chi connectivity index (χ2n) is 6.05. The Bertz CT molecular complexity index is 452. The topological polar surface area (TPSA) is 35.2 Å². The number of halogens is 1. The highest BCUT2D eigenvalue weighted by molar-refractivity contribution is 9.10. The van der Waals surface area contributed by atoms with Crippen LogP contribution in [-0.2, 0) is 0 Å². The summed E-state index contributed by atoms with van der Waals surface area (Å²) in [4.78, 5) is 0. The van der Waals surface area contributed by atoms with Crippen molar-refractivity contribution in [3.63, 3.8) is 0 Å². The van der Waals surface area contributed by atoms with Crippen molar-refractivity contribution in [3.05, 3.63) is 28.2 Å². The van der Waals surface area contributed by atoms with Crippen molar-refractivity contribution in [3.8, 4) is 5.75 Å². The number of nitrogens with two attached hydrogens (primary N) is 1. The number of fused-ring (bicyclic) bond motifs is 1. The van der Waals surface area contributed by atoms with Crippen LogP contribution in [0, 0.1) is 0 Å². The summed E-state index contributed by atoms with van der Waals surface area (Å²) in [5.41, 5.74) is 7.55. The first-order valence-electron chi connectivity index (χ1n) is 7.43. The van der Waals surface area contributed by atoms with Gasteiger partial charge in [0, 0.05) is 22.5 Å². The molecule has 1 saturated carbocycles. The summed E-state index contributed by atoms with van der Waals surface area (Å²) in [6.07, 6.45) is 9.90. The molecule has 1 aromatic carbocycles. The molecule has 1 heterocycles. The highest BCUT2D eigenvalue weighted by atomic mass is 79.9. The summed E-state index contributed by atoms with van der Waals surface area (Å²) in [6.45, 7) is 0. The molecule has 2 nitrogen and oxygen atoms in total. The maximum absolute atomic E-state index is 6.44. The molecule has 2 aliphatic rings. The molecular weight excluding hydrogens is 302 g/mol. The molecule has 3 heteroatoms. The van der Waals surface area contributed by atoms with E-state index in [-0.39, 0.29) is 11.6 Å². The lowest BCUT2D eigenvalue weighted by Crippen LogP contribution is -2.43. The summed E-state index contributed by atoms with van der Waals surface area (Å²) < 4.78 is 7.51. The van der Waals surface area contributed by atoms with E-state index < -0.39 is 0 Å². The van der Waals surface area contributed by atoms with Crippen molar-refractivity contribution in [2.75, 3.05) is 0 Å². The molecule has 1 aliphatic carbocycles. The van der Waals surface area contributed by atoms with Crippen LogP contribution in [0.3, 0.4) is 0 Å². The SMILES string of the molecule is N[C@H]1CC2(CCCCCCC2)Oc2cc(Br)ccc21. The van der Waals surface area contributed by atoms with Crippen molar-refractivity contribution in [1.82, 2.24) is 0 Å². The summed E-state index contributed by atoms with van der Waals surface area (Å²) in [6, 6.07) is 6.35. The van der Waals surface area contributed by atoms with Gasteiger partial charge in [-0.25, -0.2) is 0 Å². The van der Waals surface area contributed by atoms with Gasteiger partial charge in [0.25, 0.3) is 0 Å². The number of benzene rings is 1. The zero-order chi connectivity index (χ0) is 13.3. The molecule has 104 valence electrons. The first kappa shape index (κ1) is 13.4. The molecule has 1 aromatic rings. The quantitative estimate of drug-likeness (QED) is 0.750. The summed E-state index contributed by atoms with van der Waals surface area (Å²) in [5, 5.41) is 0. The van der Waals surface area contributed by atoms with Gasteiger partial charge < -0.3 is 10.5 Å². The molecule has 0 amide bonds. The molecule has 0 saturated heterocycles. The van der Waals surface area contributed by atoms with E-state index in [0.29, 0.717) is 0 Å². The van der Waals surface area contributed by atoms with Gasteiger partial charge in [-0.3, -0.25) is 0 Å². The van der Waals surface area contributed by atoms with Gasteiger partial charge in [-0.2, -0.15) is 0 Å². The van der Waals surface area contributed by atoms with Gasteiger partial charge in [0.05, 0.1) is 0 Å². The van der Waals surface area contributed by atoms with Crippen LogP contribution in [0.4, 0.5) is 0 Å². The minimum Gasteiger partial charge on any atom is -0.487 e. The molecule has 0 bridgehead atoms. The van der Waals surface area contributed by atoms with Crippen molar-refractivity contribution >= 4 is 15.9 Å². The van der Waals surface area contributed by atoms with Crippen LogP contribution in [0.2, 0.25) is 0 Å². The fourth-order valence-corrected chi connectivity index (χ4v) is 3.88. The molecule has 2 N–H and O–H groups in total. The highest BCUT2D eigenvalue weighted by Gasteiger charge is 2.39. The smallest absolute Gasteiger partial charge is 0.126 e. The number of hydrogen-bond acceptors (Lipinski definition) is 2. The van der Waals surface area contributed by atoms with Crippen LogP contribution in [0.5, 0.6) is 5.75 Å². The summed E-state index contributed by atoms with van der Waals surface area (Å²) in [5.74, 6) is 0.994. The van der Waals surface area contributed by atoms with Crippen LogP contribution < -0.4 is 10.5 Å². The molecule has 3 rings (SSSR count). The van der Waals surface area contributed by atoms with E-state index in [0.717, 1.165) is 35.0 Å². The van der Waals surface area contributed by atoms with E-state index >= 15 is 0 Å². The van der Waals surface area contributed by atoms with Crippen molar-refractivity contribution in [2.45, 2.75) is 63.0 Å². The third-order valence-corrected chi connectivity index (χ3v) is 5.05. The molecule has 1 atom stereocenters. The average molecular weight is 324 g/mol. The predicted octanol–water partition coefficient (Wildman–Crippen LogP) is 4.71. The molecule has 1 spiro atoms. The standard InChI is InChI=1S/C16H22BrNO/c17-12-6-7-13-14(18)11-16(19-15(13)10-12)8-4-2-1-3-5-9-16/h6-7,10,14H,1-5,8-9,11,18H2/t14-/m0/s1. The van der Waals surface area contributed by atoms with Crippen LogP contribution in [0.15, 0.2) is 22.7 Å². The van der Waals surface area contributed by atoms with Crippen LogP contribution in [0.1, 0.15) is 63.0 Å². The molecule has 19 heavy (non-hydrogen) atoms. The molecule has 1 fully saturated rings. The van der Waals surface area contributed by atoms with E-state index in [9.17, 15) is 0 Å². The van der Waals surface area contributed by atoms with Gasteiger partial charge in [0.1, 0.15) is 11.4 Å². The average Bonchev–Trinajstić information content (AvgIpc) is 2.34. The minimum atomic E-state index is -0.00632. The predicted molar refractivity (Wildman–Crippen MR) is 81.4 cm³/mol. The van der Waals surface area contributed by atoms with E-state index in [1.54, 1.807) is 0 Å². The maximum atomic E-state index is 6.44. The number of ether oxygens (including phenoxy) is 1. The largest absolute Gasteiger partial charge is 0.487 e. The Labute approximate surface area is 123 Å². The fourth-order valence-electron chi connectivity index (χ4n) is 3.54. The van der Waals surface area contributed by atoms with Gasteiger partial charge in [0.15, 0.2) is 0 Å². The molecule has 0 radical (unpaired) electrons. The second kappa shape index (κ2) is 5.45. The molecule has 1 aliphatic heterocycles. The number of hydrogen-bond donors (Lipinski definition) is 1. The highest BCUT2D eigenvalue weighted by Crippen LogP contribution is 2.44. The van der Waals surface area contributed by atoms with Crippen LogP contribution >= 0.6 is 15.9 Å². The zero-order valence-corrected chi connectivity index (χ0v) is 12.9. The van der Waals surface area contributed by atoms with E-state index in [1.807, 2.05) is 0 Å². The third kappa shape index (κ3) is 2.82. The Hall–Kier alpha value is -0.540. The molecule has 0 unspecified atom stereocenters. The van der Waals surface area contributed by atoms with Gasteiger partial charge >= 0.3 is 0 Å². The number of rotatable bonds is 0.